The number of hydrogen-bond donors (Lipinski definition) is 3. The van der Waals surface area contributed by atoms with E-state index in [9.17, 15) is 18.3 Å². The van der Waals surface area contributed by atoms with E-state index < -0.39 is 11.7 Å². The Morgan fingerprint density at radius 3 is 2.37 bits per heavy atom. The van der Waals surface area contributed by atoms with Gasteiger partial charge in [-0.2, -0.15) is 13.2 Å². The summed E-state index contributed by atoms with van der Waals surface area (Å²) in [6.07, 6.45) is -4.40. The molecule has 4 N–H and O–H groups in total. The second-order valence-corrected chi connectivity index (χ2v) is 4.75. The molecule has 0 aliphatic heterocycles. The fourth-order valence-electron chi connectivity index (χ4n) is 1.77. The molecule has 0 aliphatic carbocycles. The molecule has 1 aromatic rings. The second kappa shape index (κ2) is 6.25. The number of nitrogens with two attached hydrogens (primary N) is 1. The lowest BCUT2D eigenvalue weighted by Gasteiger charge is -2.22. The highest BCUT2D eigenvalue weighted by Crippen LogP contribution is 2.33. The van der Waals surface area contributed by atoms with Crippen molar-refractivity contribution in [3.63, 3.8) is 0 Å². The summed E-state index contributed by atoms with van der Waals surface area (Å²) >= 11 is 0. The Bertz CT molecular complexity index is 419. The highest BCUT2D eigenvalue weighted by Gasteiger charge is 2.33. The number of nitrogens with one attached hydrogen (secondary N) is 1. The first kappa shape index (κ1) is 15.8. The van der Waals surface area contributed by atoms with Crippen LogP contribution in [-0.4, -0.2) is 17.8 Å². The fourth-order valence-corrected chi connectivity index (χ4v) is 1.77. The van der Waals surface area contributed by atoms with E-state index in [0.717, 1.165) is 6.07 Å². The van der Waals surface area contributed by atoms with Gasteiger partial charge in [0.2, 0.25) is 0 Å². The second-order valence-electron chi connectivity index (χ2n) is 4.75. The molecule has 1 aromatic carbocycles. The fraction of sp³-hybridized carbons (Fsp3) is 0.538. The number of anilines is 1. The molecule has 0 amide bonds. The predicted molar refractivity (Wildman–Crippen MR) is 68.7 cm³/mol. The Labute approximate surface area is 110 Å². The third kappa shape index (κ3) is 4.11. The van der Waals surface area contributed by atoms with Crippen molar-refractivity contribution in [1.82, 2.24) is 0 Å². The van der Waals surface area contributed by atoms with Crippen LogP contribution in [0.15, 0.2) is 18.2 Å². The molecule has 1 atom stereocenters. The maximum atomic E-state index is 12.7. The van der Waals surface area contributed by atoms with Crippen molar-refractivity contribution in [3.8, 4) is 0 Å². The van der Waals surface area contributed by atoms with Gasteiger partial charge < -0.3 is 16.2 Å². The van der Waals surface area contributed by atoms with Gasteiger partial charge in [-0.25, -0.2) is 0 Å². The summed E-state index contributed by atoms with van der Waals surface area (Å²) in [5, 5.41) is 12.2. The molecule has 6 heteroatoms. The number of halogens is 3. The van der Waals surface area contributed by atoms with Crippen LogP contribution in [0.2, 0.25) is 0 Å². The zero-order valence-corrected chi connectivity index (χ0v) is 11.0. The van der Waals surface area contributed by atoms with Gasteiger partial charge in [0.25, 0.3) is 0 Å². The molecule has 0 spiro atoms. The highest BCUT2D eigenvalue weighted by molar-refractivity contribution is 5.50. The molecule has 0 fully saturated rings. The summed E-state index contributed by atoms with van der Waals surface area (Å²) < 4.78 is 38.1. The largest absolute Gasteiger partial charge is 0.416 e. The van der Waals surface area contributed by atoms with Crippen molar-refractivity contribution in [2.45, 2.75) is 32.6 Å². The van der Waals surface area contributed by atoms with Crippen LogP contribution in [0.5, 0.6) is 0 Å². The molecule has 0 aliphatic rings. The van der Waals surface area contributed by atoms with Gasteiger partial charge in [0.05, 0.1) is 18.2 Å². The lowest BCUT2D eigenvalue weighted by atomic mass is 10.0. The number of alkyl halides is 3. The zero-order valence-electron chi connectivity index (χ0n) is 11.0. The third-order valence-electron chi connectivity index (χ3n) is 2.98. The zero-order chi connectivity index (χ0) is 14.6. The molecule has 0 unspecified atom stereocenters. The summed E-state index contributed by atoms with van der Waals surface area (Å²) in [5.74, 6) is 0.161. The molecule has 1 rings (SSSR count). The highest BCUT2D eigenvalue weighted by atomic mass is 19.4. The minimum atomic E-state index is -4.40. The summed E-state index contributed by atoms with van der Waals surface area (Å²) in [7, 11) is 0. The van der Waals surface area contributed by atoms with Gasteiger partial charge in [-0.1, -0.05) is 13.8 Å². The van der Waals surface area contributed by atoms with Crippen LogP contribution in [0.1, 0.15) is 25.0 Å². The Hall–Kier alpha value is -1.27. The maximum absolute atomic E-state index is 12.7. The van der Waals surface area contributed by atoms with E-state index in [1.165, 1.54) is 12.1 Å². The van der Waals surface area contributed by atoms with E-state index in [-0.39, 0.29) is 30.7 Å². The third-order valence-corrected chi connectivity index (χ3v) is 2.98. The van der Waals surface area contributed by atoms with Gasteiger partial charge >= 0.3 is 6.18 Å². The first-order valence-corrected chi connectivity index (χ1v) is 6.07. The smallest absolute Gasteiger partial charge is 0.394 e. The molecule has 108 valence electrons. The number of hydrogen-bond acceptors (Lipinski definition) is 3. The molecule has 0 bridgehead atoms. The van der Waals surface area contributed by atoms with Gasteiger partial charge in [-0.3, -0.25) is 0 Å². The Morgan fingerprint density at radius 2 is 1.95 bits per heavy atom. The quantitative estimate of drug-likeness (QED) is 0.774. The molecule has 0 radical (unpaired) electrons. The molecular weight excluding hydrogens is 257 g/mol. The molecule has 19 heavy (non-hydrogen) atoms. The Balaban J connectivity index is 3.00. The van der Waals surface area contributed by atoms with Gasteiger partial charge in [-0.05, 0) is 29.7 Å². The summed E-state index contributed by atoms with van der Waals surface area (Å²) in [6.45, 7) is 3.57. The van der Waals surface area contributed by atoms with Crippen LogP contribution in [0.4, 0.5) is 18.9 Å². The normalized spacial score (nSPS) is 13.7. The predicted octanol–water partition coefficient (Wildman–Crippen LogP) is 2.59. The monoisotopic (exact) mass is 276 g/mol. The van der Waals surface area contributed by atoms with Crippen molar-refractivity contribution < 1.29 is 18.3 Å². The van der Waals surface area contributed by atoms with E-state index in [4.69, 9.17) is 5.73 Å². The van der Waals surface area contributed by atoms with Crippen molar-refractivity contribution in [3.05, 3.63) is 29.3 Å². The minimum Gasteiger partial charge on any atom is -0.394 e. The molecule has 0 aromatic heterocycles. The van der Waals surface area contributed by atoms with Gasteiger partial charge in [-0.15, -0.1) is 0 Å². The Morgan fingerprint density at radius 1 is 1.32 bits per heavy atom. The SMILES string of the molecule is CC(C)[C@@H](CO)Nc1ccc(C(F)(F)F)c(CN)c1. The summed E-state index contributed by atoms with van der Waals surface area (Å²) in [4.78, 5) is 0. The van der Waals surface area contributed by atoms with Gasteiger partial charge in [0, 0.05) is 12.2 Å². The maximum Gasteiger partial charge on any atom is 0.416 e. The first-order valence-electron chi connectivity index (χ1n) is 6.07. The number of benzene rings is 1. The van der Waals surface area contributed by atoms with Crippen LogP contribution in [0, 0.1) is 5.92 Å². The molecular formula is C13H19F3N2O. The van der Waals surface area contributed by atoms with Crippen LogP contribution >= 0.6 is 0 Å². The first-order chi connectivity index (χ1) is 8.79. The number of aliphatic hydroxyl groups is 1. The topological polar surface area (TPSA) is 58.3 Å². The lowest BCUT2D eigenvalue weighted by Crippen LogP contribution is -2.29. The average molecular weight is 276 g/mol. The van der Waals surface area contributed by atoms with E-state index >= 15 is 0 Å². The van der Waals surface area contributed by atoms with Crippen molar-refractivity contribution >= 4 is 5.69 Å². The van der Waals surface area contributed by atoms with E-state index in [0.29, 0.717) is 5.69 Å². The standard InChI is InChI=1S/C13H19F3N2O/c1-8(2)12(7-19)18-10-3-4-11(13(14,15)16)9(5-10)6-17/h3-5,8,12,18-19H,6-7,17H2,1-2H3/t12-/m1/s1. The van der Waals surface area contributed by atoms with Crippen molar-refractivity contribution in [2.75, 3.05) is 11.9 Å². The van der Waals surface area contributed by atoms with Crippen molar-refractivity contribution in [2.24, 2.45) is 11.7 Å². The number of rotatable bonds is 5. The van der Waals surface area contributed by atoms with Crippen LogP contribution in [0.25, 0.3) is 0 Å². The summed E-state index contributed by atoms with van der Waals surface area (Å²) in [6, 6.07) is 3.54. The van der Waals surface area contributed by atoms with E-state index in [1.54, 1.807) is 0 Å². The van der Waals surface area contributed by atoms with E-state index in [2.05, 4.69) is 5.32 Å². The van der Waals surface area contributed by atoms with Crippen LogP contribution in [0.3, 0.4) is 0 Å². The molecule has 0 saturated heterocycles. The van der Waals surface area contributed by atoms with Gasteiger partial charge in [0.1, 0.15) is 0 Å². The Kier molecular flexibility index (Phi) is 5.20. The summed E-state index contributed by atoms with van der Waals surface area (Å²) in [5.41, 5.74) is 5.21. The minimum absolute atomic E-state index is 0.0398. The molecule has 3 nitrogen and oxygen atoms in total. The van der Waals surface area contributed by atoms with Crippen LogP contribution < -0.4 is 11.1 Å². The average Bonchev–Trinajstić information content (AvgIpc) is 2.33. The van der Waals surface area contributed by atoms with Crippen molar-refractivity contribution in [1.29, 1.82) is 0 Å². The lowest BCUT2D eigenvalue weighted by molar-refractivity contribution is -0.138. The molecule has 0 heterocycles. The molecule has 0 saturated carbocycles. The van der Waals surface area contributed by atoms with E-state index in [1.807, 2.05) is 13.8 Å². The van der Waals surface area contributed by atoms with Crippen LogP contribution in [-0.2, 0) is 12.7 Å². The number of aliphatic hydroxyl groups excluding tert-OH is 1. The van der Waals surface area contributed by atoms with Gasteiger partial charge in [0.15, 0.2) is 0 Å².